The first kappa shape index (κ1) is 14.9. The van der Waals surface area contributed by atoms with Crippen LogP contribution in [0, 0.1) is 5.92 Å². The summed E-state index contributed by atoms with van der Waals surface area (Å²) in [6.45, 7) is 14.9. The van der Waals surface area contributed by atoms with Crippen LogP contribution in [0.25, 0.3) is 0 Å². The molecule has 1 aliphatic rings. The lowest BCUT2D eigenvalue weighted by Gasteiger charge is -2.38. The van der Waals surface area contributed by atoms with Crippen molar-refractivity contribution in [3.05, 3.63) is 12.2 Å². The van der Waals surface area contributed by atoms with E-state index in [4.69, 9.17) is 4.43 Å². The maximum absolute atomic E-state index is 9.84. The van der Waals surface area contributed by atoms with Gasteiger partial charge in [0.2, 0.25) is 0 Å². The van der Waals surface area contributed by atoms with Crippen molar-refractivity contribution in [2.45, 2.75) is 57.5 Å². The van der Waals surface area contributed by atoms with Crippen LogP contribution >= 0.6 is 0 Å². The molecule has 3 nitrogen and oxygen atoms in total. The first-order chi connectivity index (χ1) is 7.60. The van der Waals surface area contributed by atoms with Gasteiger partial charge in [-0.05, 0) is 23.7 Å². The van der Waals surface area contributed by atoms with Crippen LogP contribution in [0.15, 0.2) is 12.2 Å². The fourth-order valence-electron chi connectivity index (χ4n) is 1.92. The summed E-state index contributed by atoms with van der Waals surface area (Å²) >= 11 is 0. The molecule has 0 heterocycles. The summed E-state index contributed by atoms with van der Waals surface area (Å²) in [7, 11) is -1.84. The molecule has 0 radical (unpaired) electrons. The highest BCUT2D eigenvalue weighted by Gasteiger charge is 2.44. The molecule has 1 aliphatic carbocycles. The van der Waals surface area contributed by atoms with Gasteiger partial charge < -0.3 is 14.6 Å². The van der Waals surface area contributed by atoms with Crippen molar-refractivity contribution in [1.82, 2.24) is 0 Å². The minimum atomic E-state index is -1.84. The molecule has 100 valence electrons. The summed E-state index contributed by atoms with van der Waals surface area (Å²) < 4.78 is 6.25. The van der Waals surface area contributed by atoms with Gasteiger partial charge in [-0.2, -0.15) is 0 Å². The van der Waals surface area contributed by atoms with Crippen LogP contribution in [0.5, 0.6) is 0 Å². The van der Waals surface area contributed by atoms with Crippen LogP contribution in [0.4, 0.5) is 0 Å². The van der Waals surface area contributed by atoms with E-state index in [-0.39, 0.29) is 23.7 Å². The molecule has 17 heavy (non-hydrogen) atoms. The first-order valence-corrected chi connectivity index (χ1v) is 9.16. The van der Waals surface area contributed by atoms with Gasteiger partial charge in [0.15, 0.2) is 8.32 Å². The average molecular weight is 258 g/mol. The Kier molecular flexibility index (Phi) is 4.24. The summed E-state index contributed by atoms with van der Waals surface area (Å²) in [6.07, 6.45) is -0.0402. The SMILES string of the molecule is C=C1C(O[Si](C)(C)C(C)(C)C)CC(O)C1CO. The molecule has 1 saturated carbocycles. The van der Waals surface area contributed by atoms with E-state index in [0.29, 0.717) is 6.42 Å². The summed E-state index contributed by atoms with van der Waals surface area (Å²) in [5, 5.41) is 19.2. The van der Waals surface area contributed by atoms with Gasteiger partial charge in [-0.25, -0.2) is 0 Å². The molecule has 3 atom stereocenters. The number of aliphatic hydroxyl groups excluding tert-OH is 2. The van der Waals surface area contributed by atoms with E-state index >= 15 is 0 Å². The first-order valence-electron chi connectivity index (χ1n) is 6.25. The number of hydrogen-bond acceptors (Lipinski definition) is 3. The van der Waals surface area contributed by atoms with Gasteiger partial charge in [0.25, 0.3) is 0 Å². The van der Waals surface area contributed by atoms with Crippen molar-refractivity contribution in [3.8, 4) is 0 Å². The molecular formula is C13H26O3Si. The van der Waals surface area contributed by atoms with E-state index in [1.165, 1.54) is 0 Å². The van der Waals surface area contributed by atoms with Crippen molar-refractivity contribution < 1.29 is 14.6 Å². The standard InChI is InChI=1S/C13H26O3Si/c1-9-10(8-14)11(15)7-12(9)16-17(5,6)13(2,3)4/h10-12,14-15H,1,7-8H2,2-6H3. The molecule has 4 heteroatoms. The third-order valence-electron chi connectivity index (χ3n) is 4.25. The largest absolute Gasteiger partial charge is 0.410 e. The fraction of sp³-hybridized carbons (Fsp3) is 0.846. The van der Waals surface area contributed by atoms with Crippen molar-refractivity contribution in [1.29, 1.82) is 0 Å². The van der Waals surface area contributed by atoms with Crippen LogP contribution in [0.1, 0.15) is 27.2 Å². The average Bonchev–Trinajstić information content (AvgIpc) is 2.39. The number of hydrogen-bond donors (Lipinski definition) is 2. The molecule has 1 rings (SSSR count). The normalized spacial score (nSPS) is 31.0. The zero-order valence-electron chi connectivity index (χ0n) is 11.7. The van der Waals surface area contributed by atoms with Crippen LogP contribution in [0.3, 0.4) is 0 Å². The monoisotopic (exact) mass is 258 g/mol. The smallest absolute Gasteiger partial charge is 0.192 e. The Hall–Kier alpha value is -0.163. The molecule has 1 fully saturated rings. The van der Waals surface area contributed by atoms with Gasteiger partial charge >= 0.3 is 0 Å². The minimum absolute atomic E-state index is 0.0443. The Morgan fingerprint density at radius 3 is 2.29 bits per heavy atom. The van der Waals surface area contributed by atoms with Crippen molar-refractivity contribution in [2.24, 2.45) is 5.92 Å². The second kappa shape index (κ2) is 4.84. The third kappa shape index (κ3) is 2.99. The Morgan fingerprint density at radius 1 is 1.41 bits per heavy atom. The molecule has 0 aromatic heterocycles. The maximum Gasteiger partial charge on any atom is 0.192 e. The van der Waals surface area contributed by atoms with Gasteiger partial charge in [0.05, 0.1) is 18.8 Å². The molecule has 0 spiro atoms. The number of aliphatic hydroxyl groups is 2. The lowest BCUT2D eigenvalue weighted by atomic mass is 10.0. The predicted octanol–water partition coefficient (Wildman–Crippen LogP) is 2.31. The summed E-state index contributed by atoms with van der Waals surface area (Å²) in [4.78, 5) is 0. The highest BCUT2D eigenvalue weighted by atomic mass is 28.4. The molecule has 0 aromatic rings. The van der Waals surface area contributed by atoms with Crippen molar-refractivity contribution >= 4 is 8.32 Å². The van der Waals surface area contributed by atoms with Gasteiger partial charge in [0.1, 0.15) is 0 Å². The molecule has 0 aromatic carbocycles. The van der Waals surface area contributed by atoms with E-state index in [1.54, 1.807) is 0 Å². The van der Waals surface area contributed by atoms with Crippen LogP contribution in [-0.2, 0) is 4.43 Å². The van der Waals surface area contributed by atoms with Gasteiger partial charge in [0, 0.05) is 12.3 Å². The molecule has 0 saturated heterocycles. The highest BCUT2D eigenvalue weighted by molar-refractivity contribution is 6.74. The lowest BCUT2D eigenvalue weighted by molar-refractivity contribution is 0.0949. The minimum Gasteiger partial charge on any atom is -0.410 e. The van der Waals surface area contributed by atoms with E-state index in [1.807, 2.05) is 0 Å². The van der Waals surface area contributed by atoms with E-state index < -0.39 is 14.4 Å². The topological polar surface area (TPSA) is 49.7 Å². The van der Waals surface area contributed by atoms with E-state index in [2.05, 4.69) is 40.4 Å². The maximum atomic E-state index is 9.84. The molecular weight excluding hydrogens is 232 g/mol. The third-order valence-corrected chi connectivity index (χ3v) is 8.74. The quantitative estimate of drug-likeness (QED) is 0.603. The second-order valence-electron chi connectivity index (χ2n) is 6.53. The van der Waals surface area contributed by atoms with Gasteiger partial charge in [-0.3, -0.25) is 0 Å². The van der Waals surface area contributed by atoms with Crippen molar-refractivity contribution in [2.75, 3.05) is 6.61 Å². The predicted molar refractivity (Wildman–Crippen MR) is 72.4 cm³/mol. The number of rotatable bonds is 3. The molecule has 3 unspecified atom stereocenters. The van der Waals surface area contributed by atoms with Crippen LogP contribution in [0.2, 0.25) is 18.1 Å². The van der Waals surface area contributed by atoms with E-state index in [0.717, 1.165) is 5.57 Å². The summed E-state index contributed by atoms with van der Waals surface area (Å²) in [6, 6.07) is 0. The zero-order valence-corrected chi connectivity index (χ0v) is 12.7. The van der Waals surface area contributed by atoms with Crippen LogP contribution < -0.4 is 0 Å². The molecule has 0 aliphatic heterocycles. The Balaban J connectivity index is 2.75. The Bertz CT molecular complexity index is 294. The molecule has 0 amide bonds. The van der Waals surface area contributed by atoms with Gasteiger partial charge in [-0.15, -0.1) is 0 Å². The second-order valence-corrected chi connectivity index (χ2v) is 11.3. The lowest BCUT2D eigenvalue weighted by Crippen LogP contribution is -2.43. The Labute approximate surface area is 106 Å². The molecule has 2 N–H and O–H groups in total. The summed E-state index contributed by atoms with van der Waals surface area (Å²) in [5.41, 5.74) is 0.852. The Morgan fingerprint density at radius 2 is 1.94 bits per heavy atom. The zero-order chi connectivity index (χ0) is 13.4. The highest BCUT2D eigenvalue weighted by Crippen LogP contribution is 2.41. The van der Waals surface area contributed by atoms with Crippen LogP contribution in [-0.4, -0.2) is 37.3 Å². The fourth-order valence-corrected chi connectivity index (χ4v) is 3.23. The van der Waals surface area contributed by atoms with Crippen molar-refractivity contribution in [3.63, 3.8) is 0 Å². The molecule has 0 bridgehead atoms. The van der Waals surface area contributed by atoms with Gasteiger partial charge in [-0.1, -0.05) is 27.4 Å². The van der Waals surface area contributed by atoms with E-state index in [9.17, 15) is 10.2 Å². The summed E-state index contributed by atoms with van der Waals surface area (Å²) in [5.74, 6) is -0.218.